The third-order valence-corrected chi connectivity index (χ3v) is 3.06. The van der Waals surface area contributed by atoms with Crippen molar-refractivity contribution in [2.75, 3.05) is 7.11 Å². The van der Waals surface area contributed by atoms with Crippen LogP contribution in [0.4, 0.5) is 0 Å². The standard InChI is InChI=1S/C14H10O6/c1-19-9-4-6(15)5-10-11(9)12(17)7-2-3-8(16)13(18)14(7)20-10/h2-5,15-16,18H,1H3. The van der Waals surface area contributed by atoms with Gasteiger partial charge in [-0.15, -0.1) is 0 Å². The number of ether oxygens (including phenoxy) is 1. The fraction of sp³-hybridized carbons (Fsp3) is 0.0714. The van der Waals surface area contributed by atoms with Gasteiger partial charge in [0.1, 0.15) is 22.5 Å². The molecule has 1 heterocycles. The Morgan fingerprint density at radius 1 is 1.15 bits per heavy atom. The first-order valence-corrected chi connectivity index (χ1v) is 5.71. The van der Waals surface area contributed by atoms with Gasteiger partial charge in [0.25, 0.3) is 0 Å². The summed E-state index contributed by atoms with van der Waals surface area (Å²) in [5, 5.41) is 29.0. The van der Waals surface area contributed by atoms with Gasteiger partial charge in [-0.1, -0.05) is 0 Å². The van der Waals surface area contributed by atoms with Crippen molar-refractivity contribution in [3.63, 3.8) is 0 Å². The summed E-state index contributed by atoms with van der Waals surface area (Å²) >= 11 is 0. The lowest BCUT2D eigenvalue weighted by Crippen LogP contribution is -2.04. The van der Waals surface area contributed by atoms with Crippen LogP contribution in [0.5, 0.6) is 23.0 Å². The van der Waals surface area contributed by atoms with E-state index in [4.69, 9.17) is 9.15 Å². The molecule has 2 aromatic carbocycles. The van der Waals surface area contributed by atoms with Crippen molar-refractivity contribution in [2.24, 2.45) is 0 Å². The second-order valence-electron chi connectivity index (χ2n) is 4.26. The molecule has 20 heavy (non-hydrogen) atoms. The van der Waals surface area contributed by atoms with Crippen LogP contribution in [0.15, 0.2) is 33.5 Å². The first kappa shape index (κ1) is 12.2. The van der Waals surface area contributed by atoms with Crippen molar-refractivity contribution in [3.05, 3.63) is 34.5 Å². The molecule has 0 amide bonds. The summed E-state index contributed by atoms with van der Waals surface area (Å²) < 4.78 is 10.5. The van der Waals surface area contributed by atoms with Crippen molar-refractivity contribution < 1.29 is 24.5 Å². The molecule has 0 unspecified atom stereocenters. The molecule has 0 fully saturated rings. The molecule has 0 aliphatic carbocycles. The van der Waals surface area contributed by atoms with Gasteiger partial charge in [-0.05, 0) is 12.1 Å². The Hall–Kier alpha value is -2.89. The first-order chi connectivity index (χ1) is 9.52. The second kappa shape index (κ2) is 4.06. The Morgan fingerprint density at radius 2 is 1.90 bits per heavy atom. The molecule has 3 aromatic rings. The Morgan fingerprint density at radius 3 is 2.60 bits per heavy atom. The van der Waals surface area contributed by atoms with Crippen LogP contribution in [-0.4, -0.2) is 22.4 Å². The van der Waals surface area contributed by atoms with Gasteiger partial charge in [0.05, 0.1) is 12.5 Å². The maximum Gasteiger partial charge on any atom is 0.204 e. The van der Waals surface area contributed by atoms with E-state index >= 15 is 0 Å². The highest BCUT2D eigenvalue weighted by atomic mass is 16.5. The monoisotopic (exact) mass is 274 g/mol. The van der Waals surface area contributed by atoms with Crippen LogP contribution in [0.25, 0.3) is 21.9 Å². The normalized spacial score (nSPS) is 11.1. The molecule has 0 aliphatic rings. The van der Waals surface area contributed by atoms with Gasteiger partial charge in [0, 0.05) is 12.1 Å². The zero-order chi connectivity index (χ0) is 14.4. The third kappa shape index (κ3) is 1.55. The van der Waals surface area contributed by atoms with Crippen LogP contribution in [0.3, 0.4) is 0 Å². The fourth-order valence-corrected chi connectivity index (χ4v) is 2.13. The number of hydrogen-bond donors (Lipinski definition) is 3. The molecule has 6 nitrogen and oxygen atoms in total. The van der Waals surface area contributed by atoms with Gasteiger partial charge in [-0.25, -0.2) is 0 Å². The van der Waals surface area contributed by atoms with Gasteiger partial charge in [-0.3, -0.25) is 4.79 Å². The SMILES string of the molecule is COc1cc(O)cc2oc3c(O)c(O)ccc3c(=O)c12. The van der Waals surface area contributed by atoms with Crippen LogP contribution >= 0.6 is 0 Å². The summed E-state index contributed by atoms with van der Waals surface area (Å²) in [7, 11) is 1.37. The molecule has 0 radical (unpaired) electrons. The molecule has 3 N–H and O–H groups in total. The van der Waals surface area contributed by atoms with E-state index in [0.717, 1.165) is 0 Å². The topological polar surface area (TPSA) is 100 Å². The van der Waals surface area contributed by atoms with Gasteiger partial charge in [-0.2, -0.15) is 0 Å². The molecule has 0 spiro atoms. The lowest BCUT2D eigenvalue weighted by Gasteiger charge is -2.08. The lowest BCUT2D eigenvalue weighted by molar-refractivity contribution is 0.400. The highest BCUT2D eigenvalue weighted by Gasteiger charge is 2.17. The molecule has 102 valence electrons. The number of benzene rings is 2. The van der Waals surface area contributed by atoms with E-state index in [9.17, 15) is 20.1 Å². The summed E-state index contributed by atoms with van der Waals surface area (Å²) in [6.07, 6.45) is 0. The highest BCUT2D eigenvalue weighted by molar-refractivity contribution is 5.96. The summed E-state index contributed by atoms with van der Waals surface area (Å²) in [4.78, 5) is 12.4. The lowest BCUT2D eigenvalue weighted by atomic mass is 10.1. The largest absolute Gasteiger partial charge is 0.508 e. The third-order valence-electron chi connectivity index (χ3n) is 3.06. The summed E-state index contributed by atoms with van der Waals surface area (Å²) in [5.41, 5.74) is -0.510. The summed E-state index contributed by atoms with van der Waals surface area (Å²) in [5.74, 6) is -0.893. The predicted octanol–water partition coefficient (Wildman–Crippen LogP) is 2.07. The molecule has 0 saturated carbocycles. The minimum Gasteiger partial charge on any atom is -0.508 e. The van der Waals surface area contributed by atoms with E-state index in [1.165, 1.54) is 31.4 Å². The molecule has 0 aliphatic heterocycles. The molecule has 6 heteroatoms. The Balaban J connectivity index is 2.61. The summed E-state index contributed by atoms with van der Waals surface area (Å²) in [6.45, 7) is 0. The zero-order valence-electron chi connectivity index (χ0n) is 10.4. The predicted molar refractivity (Wildman–Crippen MR) is 71.5 cm³/mol. The molecule has 0 saturated heterocycles. The zero-order valence-corrected chi connectivity index (χ0v) is 10.4. The highest BCUT2D eigenvalue weighted by Crippen LogP contribution is 2.36. The van der Waals surface area contributed by atoms with E-state index in [1.54, 1.807) is 0 Å². The van der Waals surface area contributed by atoms with E-state index in [2.05, 4.69) is 0 Å². The average molecular weight is 274 g/mol. The van der Waals surface area contributed by atoms with Crippen molar-refractivity contribution in [2.45, 2.75) is 0 Å². The van der Waals surface area contributed by atoms with Gasteiger partial charge in [0.2, 0.25) is 11.2 Å². The van der Waals surface area contributed by atoms with E-state index in [-0.39, 0.29) is 33.4 Å². The van der Waals surface area contributed by atoms with E-state index in [1.807, 2.05) is 0 Å². The van der Waals surface area contributed by atoms with Gasteiger partial charge < -0.3 is 24.5 Å². The first-order valence-electron chi connectivity index (χ1n) is 5.71. The van der Waals surface area contributed by atoms with Crippen LogP contribution in [0.1, 0.15) is 0 Å². The Bertz CT molecular complexity index is 894. The minimum absolute atomic E-state index is 0.0558. The Kier molecular flexibility index (Phi) is 2.47. The number of aromatic hydroxyl groups is 3. The van der Waals surface area contributed by atoms with Crippen LogP contribution in [0.2, 0.25) is 0 Å². The maximum absolute atomic E-state index is 12.4. The number of hydrogen-bond acceptors (Lipinski definition) is 6. The minimum atomic E-state index is -0.524. The van der Waals surface area contributed by atoms with Gasteiger partial charge >= 0.3 is 0 Å². The number of fused-ring (bicyclic) bond motifs is 2. The van der Waals surface area contributed by atoms with E-state index < -0.39 is 16.9 Å². The number of methoxy groups -OCH3 is 1. The van der Waals surface area contributed by atoms with Crippen molar-refractivity contribution in [1.82, 2.24) is 0 Å². The number of phenols is 3. The van der Waals surface area contributed by atoms with Crippen LogP contribution < -0.4 is 10.2 Å². The smallest absolute Gasteiger partial charge is 0.204 e. The molecule has 0 bridgehead atoms. The maximum atomic E-state index is 12.4. The van der Waals surface area contributed by atoms with Crippen molar-refractivity contribution >= 4 is 21.9 Å². The molecular formula is C14H10O6. The fourth-order valence-electron chi connectivity index (χ4n) is 2.13. The second-order valence-corrected chi connectivity index (χ2v) is 4.26. The number of phenolic OH excluding ortho intramolecular Hbond substituents is 3. The number of rotatable bonds is 1. The van der Waals surface area contributed by atoms with Crippen molar-refractivity contribution in [1.29, 1.82) is 0 Å². The average Bonchev–Trinajstić information content (AvgIpc) is 2.42. The molecule has 3 rings (SSSR count). The van der Waals surface area contributed by atoms with Gasteiger partial charge in [0.15, 0.2) is 11.3 Å². The van der Waals surface area contributed by atoms with Crippen molar-refractivity contribution in [3.8, 4) is 23.0 Å². The summed E-state index contributed by atoms with van der Waals surface area (Å²) in [6, 6.07) is 5.09. The Labute approximate surface area is 112 Å². The molecule has 0 atom stereocenters. The van der Waals surface area contributed by atoms with E-state index in [0.29, 0.717) is 0 Å². The molecule has 1 aromatic heterocycles. The van der Waals surface area contributed by atoms with Crippen LogP contribution in [-0.2, 0) is 0 Å². The quantitative estimate of drug-likeness (QED) is 0.464. The molecular weight excluding hydrogens is 264 g/mol. The van der Waals surface area contributed by atoms with Crippen LogP contribution in [0, 0.1) is 0 Å².